The molecule has 0 radical (unpaired) electrons. The molecule has 226 valence electrons. The van der Waals surface area contributed by atoms with Gasteiger partial charge in [-0.05, 0) is 60.7 Å². The maximum absolute atomic E-state index is 13.4. The number of esters is 4. The smallest absolute Gasteiger partial charge is 0.340 e. The molecule has 4 aromatic rings. The van der Waals surface area contributed by atoms with Crippen LogP contribution in [-0.4, -0.2) is 54.6 Å². The molecule has 45 heavy (non-hydrogen) atoms. The summed E-state index contributed by atoms with van der Waals surface area (Å²) in [5, 5.41) is 0.413. The highest BCUT2D eigenvalue weighted by Gasteiger charge is 2.63. The van der Waals surface area contributed by atoms with Crippen molar-refractivity contribution in [2.24, 2.45) is 0 Å². The van der Waals surface area contributed by atoms with E-state index < -0.39 is 54.6 Å². The number of halogens is 1. The Morgan fingerprint density at radius 1 is 0.667 bits per heavy atom. The predicted molar refractivity (Wildman–Crippen MR) is 161 cm³/mol. The Balaban J connectivity index is 1.52. The summed E-state index contributed by atoms with van der Waals surface area (Å²) in [7, 11) is 0. The summed E-state index contributed by atoms with van der Waals surface area (Å²) < 4.78 is 28.9. The molecular formula is C35H25ClO9. The molecule has 1 aliphatic heterocycles. The van der Waals surface area contributed by atoms with Crippen LogP contribution in [0.15, 0.2) is 115 Å². The number of carbonyl (C=O) groups excluding carboxylic acids is 4. The number of terminal acetylenes is 1. The molecule has 0 bridgehead atoms. The largest absolute Gasteiger partial charge is 0.459 e. The minimum Gasteiger partial charge on any atom is -0.459 e. The predicted octanol–water partition coefficient (Wildman–Crippen LogP) is 5.53. The van der Waals surface area contributed by atoms with Crippen LogP contribution in [0, 0.1) is 12.3 Å². The van der Waals surface area contributed by atoms with Gasteiger partial charge in [-0.3, -0.25) is 0 Å². The first-order valence-corrected chi connectivity index (χ1v) is 14.0. The molecule has 0 saturated carbocycles. The molecule has 0 amide bonds. The molecule has 5 rings (SSSR count). The average Bonchev–Trinajstić information content (AvgIpc) is 3.35. The minimum atomic E-state index is -2.22. The Bertz CT molecular complexity index is 1700. The van der Waals surface area contributed by atoms with Gasteiger partial charge in [0, 0.05) is 5.02 Å². The lowest BCUT2D eigenvalue weighted by Gasteiger charge is -2.32. The summed E-state index contributed by atoms with van der Waals surface area (Å²) in [5.41, 5.74) is -1.62. The van der Waals surface area contributed by atoms with Gasteiger partial charge in [0.2, 0.25) is 18.0 Å². The van der Waals surface area contributed by atoms with E-state index in [-0.39, 0.29) is 22.3 Å². The fourth-order valence-corrected chi connectivity index (χ4v) is 4.68. The Morgan fingerprint density at radius 3 is 1.64 bits per heavy atom. The summed E-state index contributed by atoms with van der Waals surface area (Å²) in [6.07, 6.45) is 1.22. The van der Waals surface area contributed by atoms with Crippen molar-refractivity contribution >= 4 is 35.5 Å². The number of ether oxygens (including phenoxy) is 5. The number of rotatable bonds is 9. The van der Waals surface area contributed by atoms with Gasteiger partial charge >= 0.3 is 23.9 Å². The molecular weight excluding hydrogens is 600 g/mol. The van der Waals surface area contributed by atoms with Crippen LogP contribution in [0.4, 0.5) is 0 Å². The van der Waals surface area contributed by atoms with Crippen molar-refractivity contribution in [3.63, 3.8) is 0 Å². The third-order valence-electron chi connectivity index (χ3n) is 6.87. The third-order valence-corrected chi connectivity index (χ3v) is 7.12. The zero-order chi connectivity index (χ0) is 31.8. The average molecular weight is 625 g/mol. The fraction of sp³-hybridized carbons (Fsp3) is 0.143. The van der Waals surface area contributed by atoms with Crippen molar-refractivity contribution in [1.82, 2.24) is 0 Å². The molecule has 4 aromatic carbocycles. The van der Waals surface area contributed by atoms with E-state index >= 15 is 0 Å². The second-order valence-corrected chi connectivity index (χ2v) is 10.2. The summed E-state index contributed by atoms with van der Waals surface area (Å²) >= 11 is 5.93. The topological polar surface area (TPSA) is 114 Å². The highest BCUT2D eigenvalue weighted by Crippen LogP contribution is 2.39. The first-order valence-electron chi connectivity index (χ1n) is 13.7. The van der Waals surface area contributed by atoms with Gasteiger partial charge in [0.05, 0.1) is 22.3 Å². The molecule has 1 aliphatic rings. The van der Waals surface area contributed by atoms with Gasteiger partial charge in [-0.2, -0.15) is 0 Å². The van der Waals surface area contributed by atoms with E-state index in [2.05, 4.69) is 5.92 Å². The second-order valence-electron chi connectivity index (χ2n) is 9.75. The minimum absolute atomic E-state index is 0.127. The lowest BCUT2D eigenvalue weighted by Crippen LogP contribution is -2.54. The quantitative estimate of drug-likeness (QED) is 0.135. The summed E-state index contributed by atoms with van der Waals surface area (Å²) in [6.45, 7) is -0.577. The molecule has 0 aromatic heterocycles. The summed E-state index contributed by atoms with van der Waals surface area (Å²) in [5.74, 6) is -0.944. The van der Waals surface area contributed by atoms with Crippen LogP contribution in [0.2, 0.25) is 5.02 Å². The fourth-order valence-electron chi connectivity index (χ4n) is 4.56. The molecule has 0 aliphatic carbocycles. The zero-order valence-corrected chi connectivity index (χ0v) is 24.3. The Hall–Kier alpha value is -5.43. The third kappa shape index (κ3) is 7.04. The van der Waals surface area contributed by atoms with E-state index in [1.807, 2.05) is 0 Å². The number of benzene rings is 4. The van der Waals surface area contributed by atoms with Crippen molar-refractivity contribution in [1.29, 1.82) is 0 Å². The monoisotopic (exact) mass is 624 g/mol. The normalized spacial score (nSPS) is 20.3. The first kappa shape index (κ1) is 31.0. The number of carbonyl (C=O) groups is 4. The lowest BCUT2D eigenvalue weighted by atomic mass is 9.92. The van der Waals surface area contributed by atoms with Crippen LogP contribution in [0.1, 0.15) is 41.4 Å². The van der Waals surface area contributed by atoms with E-state index in [1.165, 1.54) is 60.7 Å². The highest BCUT2D eigenvalue weighted by atomic mass is 35.5. The van der Waals surface area contributed by atoms with Crippen molar-refractivity contribution in [3.05, 3.63) is 143 Å². The molecule has 9 nitrogen and oxygen atoms in total. The maximum Gasteiger partial charge on any atom is 0.340 e. The Labute approximate surface area is 263 Å². The summed E-state index contributed by atoms with van der Waals surface area (Å²) in [4.78, 5) is 52.8. The highest BCUT2D eigenvalue weighted by molar-refractivity contribution is 6.30. The standard InChI is InChI=1S/C35H25ClO9/c1-2-35(45-33(40)25-16-10-5-11-17-25)28(22-41-30(37)26-18-20-27(36)21-19-26)42-34(44-32(39)24-14-8-4-9-15-24)29(35)43-31(38)23-12-6-3-7-13-23/h1,3-21,28-29,34H,22H2/t28-,29+,34?,35+/m1/s1. The van der Waals surface area contributed by atoms with Crippen molar-refractivity contribution in [3.8, 4) is 12.3 Å². The van der Waals surface area contributed by atoms with Crippen LogP contribution in [0.5, 0.6) is 0 Å². The molecule has 1 unspecified atom stereocenters. The molecule has 0 spiro atoms. The van der Waals surface area contributed by atoms with Gasteiger partial charge in [0.15, 0.2) is 6.10 Å². The van der Waals surface area contributed by atoms with E-state index in [0.717, 1.165) is 0 Å². The van der Waals surface area contributed by atoms with Gasteiger partial charge in [-0.1, -0.05) is 72.1 Å². The molecule has 10 heteroatoms. The molecule has 0 N–H and O–H groups in total. The number of hydrogen-bond acceptors (Lipinski definition) is 9. The SMILES string of the molecule is C#C[C@]1(OC(=O)c2ccccc2)[C@@H](COC(=O)c2ccc(Cl)cc2)OC(OC(=O)c2ccccc2)[C@@H]1OC(=O)c1ccccc1. The van der Waals surface area contributed by atoms with E-state index in [9.17, 15) is 19.2 Å². The Morgan fingerprint density at radius 2 is 1.13 bits per heavy atom. The second kappa shape index (κ2) is 13.9. The van der Waals surface area contributed by atoms with Crippen LogP contribution < -0.4 is 0 Å². The molecule has 4 atom stereocenters. The van der Waals surface area contributed by atoms with Gasteiger partial charge < -0.3 is 23.7 Å². The number of hydrogen-bond donors (Lipinski definition) is 0. The van der Waals surface area contributed by atoms with Crippen LogP contribution in [0.3, 0.4) is 0 Å². The molecule has 1 heterocycles. The van der Waals surface area contributed by atoms with Crippen LogP contribution >= 0.6 is 11.6 Å². The zero-order valence-electron chi connectivity index (χ0n) is 23.5. The van der Waals surface area contributed by atoms with Crippen LogP contribution in [0.25, 0.3) is 0 Å². The molecule has 1 fully saturated rings. The Kier molecular flexibility index (Phi) is 9.58. The summed E-state index contributed by atoms with van der Waals surface area (Å²) in [6, 6.07) is 29.8. The van der Waals surface area contributed by atoms with E-state index in [0.29, 0.717) is 5.02 Å². The van der Waals surface area contributed by atoms with Crippen molar-refractivity contribution in [2.45, 2.75) is 24.1 Å². The van der Waals surface area contributed by atoms with Gasteiger partial charge in [0.25, 0.3) is 0 Å². The van der Waals surface area contributed by atoms with Gasteiger partial charge in [0.1, 0.15) is 6.61 Å². The van der Waals surface area contributed by atoms with Crippen LogP contribution in [-0.2, 0) is 23.7 Å². The van der Waals surface area contributed by atoms with Gasteiger partial charge in [-0.25, -0.2) is 19.2 Å². The van der Waals surface area contributed by atoms with Gasteiger partial charge in [-0.15, -0.1) is 6.42 Å². The first-order chi connectivity index (χ1) is 21.8. The van der Waals surface area contributed by atoms with Crippen molar-refractivity contribution < 1.29 is 42.9 Å². The lowest BCUT2D eigenvalue weighted by molar-refractivity contribution is -0.141. The maximum atomic E-state index is 13.4. The van der Waals surface area contributed by atoms with Crippen molar-refractivity contribution in [2.75, 3.05) is 6.61 Å². The van der Waals surface area contributed by atoms with E-state index in [4.69, 9.17) is 41.7 Å². The molecule has 1 saturated heterocycles. The van der Waals surface area contributed by atoms with E-state index in [1.54, 1.807) is 54.6 Å².